The van der Waals surface area contributed by atoms with Gasteiger partial charge < -0.3 is 15.4 Å². The lowest BCUT2D eigenvalue weighted by Gasteiger charge is -2.14. The van der Waals surface area contributed by atoms with Crippen LogP contribution in [0.4, 0.5) is 5.69 Å². The lowest BCUT2D eigenvalue weighted by atomic mass is 10.0. The number of benzene rings is 3. The van der Waals surface area contributed by atoms with Crippen LogP contribution in [0.5, 0.6) is 5.75 Å². The molecule has 0 aliphatic carbocycles. The second kappa shape index (κ2) is 10.8. The summed E-state index contributed by atoms with van der Waals surface area (Å²) in [6, 6.07) is 22.2. The Morgan fingerprint density at radius 3 is 2.35 bits per heavy atom. The molecule has 31 heavy (non-hydrogen) atoms. The highest BCUT2D eigenvalue weighted by atomic mass is 79.9. The Morgan fingerprint density at radius 2 is 1.68 bits per heavy atom. The van der Waals surface area contributed by atoms with Gasteiger partial charge in [-0.1, -0.05) is 60.1 Å². The largest absolute Gasteiger partial charge is 0.483 e. The van der Waals surface area contributed by atoms with Crippen LogP contribution in [0.2, 0.25) is 0 Å². The molecule has 0 aliphatic heterocycles. The Balaban J connectivity index is 1.51. The summed E-state index contributed by atoms with van der Waals surface area (Å²) in [7, 11) is 0. The number of hydrogen-bond acceptors (Lipinski definition) is 3. The topological polar surface area (TPSA) is 67.4 Å². The zero-order valence-corrected chi connectivity index (χ0v) is 19.1. The van der Waals surface area contributed by atoms with E-state index in [4.69, 9.17) is 4.74 Å². The second-order valence-electron chi connectivity index (χ2n) is 7.42. The van der Waals surface area contributed by atoms with Crippen molar-refractivity contribution < 1.29 is 14.3 Å². The van der Waals surface area contributed by atoms with Crippen molar-refractivity contribution >= 4 is 33.4 Å². The highest BCUT2D eigenvalue weighted by Gasteiger charge is 2.11. The number of amides is 2. The summed E-state index contributed by atoms with van der Waals surface area (Å²) in [5.41, 5.74) is 3.20. The maximum absolute atomic E-state index is 12.3. The van der Waals surface area contributed by atoms with E-state index < -0.39 is 0 Å². The van der Waals surface area contributed by atoms with Gasteiger partial charge in [0, 0.05) is 22.3 Å². The number of nitrogens with one attached hydrogen (secondary N) is 2. The van der Waals surface area contributed by atoms with Crippen LogP contribution in [0.15, 0.2) is 77.3 Å². The minimum Gasteiger partial charge on any atom is -0.483 e. The SMILES string of the molecule is CC(C)c1cc(Br)ccc1OCC(=O)Nc1ccc(C(=O)NCc2ccccc2)cc1. The van der Waals surface area contributed by atoms with E-state index in [0.29, 0.717) is 23.5 Å². The monoisotopic (exact) mass is 480 g/mol. The summed E-state index contributed by atoms with van der Waals surface area (Å²) in [5, 5.41) is 5.67. The van der Waals surface area contributed by atoms with Crippen LogP contribution in [0.25, 0.3) is 0 Å². The van der Waals surface area contributed by atoms with E-state index in [2.05, 4.69) is 40.4 Å². The van der Waals surface area contributed by atoms with E-state index in [1.54, 1.807) is 24.3 Å². The Hall–Kier alpha value is -3.12. The van der Waals surface area contributed by atoms with Crippen molar-refractivity contribution in [1.82, 2.24) is 5.32 Å². The maximum Gasteiger partial charge on any atom is 0.262 e. The van der Waals surface area contributed by atoms with Crippen LogP contribution in [0, 0.1) is 0 Å². The summed E-state index contributed by atoms with van der Waals surface area (Å²) < 4.78 is 6.70. The van der Waals surface area contributed by atoms with Crippen molar-refractivity contribution in [2.24, 2.45) is 0 Å². The molecule has 0 atom stereocenters. The molecule has 3 aromatic rings. The molecule has 0 unspecified atom stereocenters. The molecule has 0 saturated carbocycles. The number of hydrogen-bond donors (Lipinski definition) is 2. The van der Waals surface area contributed by atoms with Gasteiger partial charge in [0.15, 0.2) is 6.61 Å². The lowest BCUT2D eigenvalue weighted by Crippen LogP contribution is -2.23. The number of carbonyl (C=O) groups excluding carboxylic acids is 2. The maximum atomic E-state index is 12.3. The first-order valence-electron chi connectivity index (χ1n) is 10.1. The smallest absolute Gasteiger partial charge is 0.262 e. The molecule has 3 aromatic carbocycles. The van der Waals surface area contributed by atoms with Gasteiger partial charge in [-0.2, -0.15) is 0 Å². The third-order valence-corrected chi connectivity index (χ3v) is 5.17. The second-order valence-corrected chi connectivity index (χ2v) is 8.34. The third-order valence-electron chi connectivity index (χ3n) is 4.68. The van der Waals surface area contributed by atoms with Gasteiger partial charge in [-0.25, -0.2) is 0 Å². The minimum atomic E-state index is -0.265. The van der Waals surface area contributed by atoms with E-state index in [1.165, 1.54) is 0 Å². The molecule has 0 aromatic heterocycles. The summed E-state index contributed by atoms with van der Waals surface area (Å²) in [6.07, 6.45) is 0. The molecular weight excluding hydrogens is 456 g/mol. The number of ether oxygens (including phenoxy) is 1. The van der Waals surface area contributed by atoms with Crippen LogP contribution in [0.3, 0.4) is 0 Å². The van der Waals surface area contributed by atoms with Crippen LogP contribution in [-0.2, 0) is 11.3 Å². The zero-order valence-electron chi connectivity index (χ0n) is 17.5. The van der Waals surface area contributed by atoms with Crippen molar-refractivity contribution in [1.29, 1.82) is 0 Å². The molecule has 0 fully saturated rings. The standard InChI is InChI=1S/C25H25BrN2O3/c1-17(2)22-14-20(26)10-13-23(22)31-16-24(29)28-21-11-8-19(9-12-21)25(30)27-15-18-6-4-3-5-7-18/h3-14,17H,15-16H2,1-2H3,(H,27,30)(H,28,29). The highest BCUT2D eigenvalue weighted by molar-refractivity contribution is 9.10. The Kier molecular flexibility index (Phi) is 7.84. The average Bonchev–Trinajstić information content (AvgIpc) is 2.77. The summed E-state index contributed by atoms with van der Waals surface area (Å²) >= 11 is 3.46. The van der Waals surface area contributed by atoms with E-state index in [0.717, 1.165) is 15.6 Å². The molecule has 3 rings (SSSR count). The Labute approximate surface area is 191 Å². The molecule has 0 radical (unpaired) electrons. The molecule has 0 bridgehead atoms. The van der Waals surface area contributed by atoms with Crippen molar-refractivity contribution in [3.63, 3.8) is 0 Å². The zero-order chi connectivity index (χ0) is 22.2. The fourth-order valence-corrected chi connectivity index (χ4v) is 3.41. The van der Waals surface area contributed by atoms with Gasteiger partial charge in [0.05, 0.1) is 0 Å². The van der Waals surface area contributed by atoms with Gasteiger partial charge in [-0.05, 0) is 59.5 Å². The predicted molar refractivity (Wildman–Crippen MR) is 126 cm³/mol. The average molecular weight is 481 g/mol. The molecule has 0 saturated heterocycles. The van der Waals surface area contributed by atoms with E-state index in [9.17, 15) is 9.59 Å². The van der Waals surface area contributed by atoms with Crippen molar-refractivity contribution in [3.05, 3.63) is 94.0 Å². The number of rotatable bonds is 8. The molecule has 6 heteroatoms. The predicted octanol–water partition coefficient (Wildman–Crippen LogP) is 5.52. The van der Waals surface area contributed by atoms with Crippen LogP contribution in [0.1, 0.15) is 41.3 Å². The molecule has 0 aliphatic rings. The third kappa shape index (κ3) is 6.69. The molecular formula is C25H25BrN2O3. The van der Waals surface area contributed by atoms with Gasteiger partial charge in [0.2, 0.25) is 0 Å². The van der Waals surface area contributed by atoms with Gasteiger partial charge in [0.25, 0.3) is 11.8 Å². The highest BCUT2D eigenvalue weighted by Crippen LogP contribution is 2.29. The van der Waals surface area contributed by atoms with Crippen molar-refractivity contribution in [2.75, 3.05) is 11.9 Å². The summed E-state index contributed by atoms with van der Waals surface area (Å²) in [4.78, 5) is 24.6. The molecule has 5 nitrogen and oxygen atoms in total. The quantitative estimate of drug-likeness (QED) is 0.445. The van der Waals surface area contributed by atoms with Gasteiger partial charge >= 0.3 is 0 Å². The first-order valence-corrected chi connectivity index (χ1v) is 10.9. The Morgan fingerprint density at radius 1 is 0.968 bits per heavy atom. The minimum absolute atomic E-state index is 0.0966. The van der Waals surface area contributed by atoms with Crippen molar-refractivity contribution in [2.45, 2.75) is 26.3 Å². The molecule has 160 valence electrons. The van der Waals surface area contributed by atoms with Crippen LogP contribution >= 0.6 is 15.9 Å². The summed E-state index contributed by atoms with van der Waals surface area (Å²) in [6.45, 7) is 4.52. The fraction of sp³-hybridized carbons (Fsp3) is 0.200. The number of anilines is 1. The van der Waals surface area contributed by atoms with Gasteiger partial charge in [0.1, 0.15) is 5.75 Å². The van der Waals surface area contributed by atoms with E-state index in [1.807, 2.05) is 48.5 Å². The first kappa shape index (κ1) is 22.6. The fourth-order valence-electron chi connectivity index (χ4n) is 3.03. The number of carbonyl (C=O) groups is 2. The Bertz CT molecular complexity index is 1030. The van der Waals surface area contributed by atoms with Crippen molar-refractivity contribution in [3.8, 4) is 5.75 Å². The van der Waals surface area contributed by atoms with Gasteiger partial charge in [-0.15, -0.1) is 0 Å². The summed E-state index contributed by atoms with van der Waals surface area (Å²) in [5.74, 6) is 0.537. The number of halogens is 1. The molecule has 2 amide bonds. The van der Waals surface area contributed by atoms with Crippen LogP contribution < -0.4 is 15.4 Å². The van der Waals surface area contributed by atoms with E-state index in [-0.39, 0.29) is 24.3 Å². The molecule has 0 spiro atoms. The van der Waals surface area contributed by atoms with Crippen LogP contribution in [-0.4, -0.2) is 18.4 Å². The normalized spacial score (nSPS) is 10.6. The van der Waals surface area contributed by atoms with Gasteiger partial charge in [-0.3, -0.25) is 9.59 Å². The molecule has 2 N–H and O–H groups in total. The lowest BCUT2D eigenvalue weighted by molar-refractivity contribution is -0.118. The molecule has 0 heterocycles. The first-order chi connectivity index (χ1) is 14.9. The van der Waals surface area contributed by atoms with E-state index >= 15 is 0 Å².